The number of pyridine rings is 2. The molecule has 0 amide bonds. The van der Waals surface area contributed by atoms with Gasteiger partial charge in [-0.05, 0) is 63.0 Å². The molecule has 0 spiro atoms. The first-order valence-corrected chi connectivity index (χ1v) is 7.66. The Balaban J connectivity index is 2.04. The van der Waals surface area contributed by atoms with Crippen molar-refractivity contribution in [3.05, 3.63) is 57.2 Å². The molecule has 1 N–H and O–H groups in total. The topological polar surface area (TPSA) is 37.8 Å². The lowest BCUT2D eigenvalue weighted by Crippen LogP contribution is -1.97. The Bertz CT molecular complexity index is 787. The number of hydrogen-bond donors (Lipinski definition) is 1. The highest BCUT2D eigenvalue weighted by Crippen LogP contribution is 2.26. The van der Waals surface area contributed by atoms with Crippen molar-refractivity contribution in [3.63, 3.8) is 0 Å². The van der Waals surface area contributed by atoms with E-state index in [-0.39, 0.29) is 0 Å². The lowest BCUT2D eigenvalue weighted by molar-refractivity contribution is 1.18. The van der Waals surface area contributed by atoms with Gasteiger partial charge in [0.05, 0.1) is 16.9 Å². The van der Waals surface area contributed by atoms with Gasteiger partial charge in [0.2, 0.25) is 0 Å². The van der Waals surface area contributed by atoms with Crippen LogP contribution >= 0.6 is 31.9 Å². The van der Waals surface area contributed by atoms with Gasteiger partial charge >= 0.3 is 0 Å². The molecule has 0 saturated carbocycles. The van der Waals surface area contributed by atoms with Crippen LogP contribution in [0.5, 0.6) is 0 Å². The summed E-state index contributed by atoms with van der Waals surface area (Å²) in [6.45, 7) is 1.97. The van der Waals surface area contributed by atoms with Crippen molar-refractivity contribution in [1.82, 2.24) is 9.97 Å². The van der Waals surface area contributed by atoms with Crippen LogP contribution in [0.1, 0.15) is 5.69 Å². The number of fused-ring (bicyclic) bond motifs is 1. The second-order valence-corrected chi connectivity index (χ2v) is 6.19. The van der Waals surface area contributed by atoms with Gasteiger partial charge in [0.1, 0.15) is 5.82 Å². The van der Waals surface area contributed by atoms with Crippen molar-refractivity contribution >= 4 is 54.3 Å². The number of aromatic nitrogens is 2. The molecule has 0 saturated heterocycles. The van der Waals surface area contributed by atoms with Gasteiger partial charge in [-0.1, -0.05) is 12.1 Å². The summed E-state index contributed by atoms with van der Waals surface area (Å²) < 4.78 is 1.97. The third-order valence-corrected chi connectivity index (χ3v) is 4.23. The lowest BCUT2D eigenvalue weighted by Gasteiger charge is -2.09. The summed E-state index contributed by atoms with van der Waals surface area (Å²) >= 11 is 6.90. The summed E-state index contributed by atoms with van der Waals surface area (Å²) in [7, 11) is 0. The van der Waals surface area contributed by atoms with Crippen LogP contribution in [-0.4, -0.2) is 9.97 Å². The smallest absolute Gasteiger partial charge is 0.130 e. The van der Waals surface area contributed by atoms with Crippen LogP contribution in [0.15, 0.2) is 51.5 Å². The Hall–Kier alpha value is -1.46. The Morgan fingerprint density at radius 2 is 1.95 bits per heavy atom. The number of benzene rings is 1. The zero-order valence-electron chi connectivity index (χ0n) is 10.7. The van der Waals surface area contributed by atoms with Gasteiger partial charge in [-0.3, -0.25) is 4.98 Å². The molecule has 3 nitrogen and oxygen atoms in total. The van der Waals surface area contributed by atoms with E-state index in [2.05, 4.69) is 47.1 Å². The molecule has 20 heavy (non-hydrogen) atoms. The summed E-state index contributed by atoms with van der Waals surface area (Å²) in [4.78, 5) is 8.97. The van der Waals surface area contributed by atoms with E-state index in [9.17, 15) is 0 Å². The van der Waals surface area contributed by atoms with Crippen LogP contribution in [-0.2, 0) is 0 Å². The molecule has 3 rings (SSSR count). The van der Waals surface area contributed by atoms with E-state index in [1.165, 1.54) is 0 Å². The summed E-state index contributed by atoms with van der Waals surface area (Å²) in [5.74, 6) is 0.808. The van der Waals surface area contributed by atoms with Gasteiger partial charge in [0.25, 0.3) is 0 Å². The Morgan fingerprint density at radius 1 is 1.10 bits per heavy atom. The molecule has 0 fully saturated rings. The molecule has 0 atom stereocenters. The van der Waals surface area contributed by atoms with Gasteiger partial charge in [0.15, 0.2) is 0 Å². The van der Waals surface area contributed by atoms with Crippen molar-refractivity contribution in [2.75, 3.05) is 5.32 Å². The minimum Gasteiger partial charge on any atom is -0.338 e. The van der Waals surface area contributed by atoms with E-state index >= 15 is 0 Å². The SMILES string of the molecule is Cc1nc(Nc2cccc3cc(Br)cnc23)ccc1Br. The molecule has 0 aliphatic carbocycles. The molecule has 2 aromatic heterocycles. The number of para-hydroxylation sites is 1. The number of halogens is 2. The van der Waals surface area contributed by atoms with E-state index in [0.29, 0.717) is 0 Å². The van der Waals surface area contributed by atoms with Crippen LogP contribution in [0.2, 0.25) is 0 Å². The first-order valence-electron chi connectivity index (χ1n) is 6.08. The maximum Gasteiger partial charge on any atom is 0.130 e. The highest BCUT2D eigenvalue weighted by Gasteiger charge is 2.05. The predicted octanol–water partition coefficient (Wildman–Crippen LogP) is 5.21. The van der Waals surface area contributed by atoms with Gasteiger partial charge in [-0.25, -0.2) is 4.98 Å². The third-order valence-electron chi connectivity index (χ3n) is 2.96. The van der Waals surface area contributed by atoms with E-state index in [0.717, 1.165) is 37.0 Å². The maximum atomic E-state index is 4.50. The quantitative estimate of drug-likeness (QED) is 0.650. The van der Waals surface area contributed by atoms with Crippen molar-refractivity contribution in [2.24, 2.45) is 0 Å². The Morgan fingerprint density at radius 3 is 2.75 bits per heavy atom. The number of rotatable bonds is 2. The second-order valence-electron chi connectivity index (χ2n) is 4.42. The zero-order valence-corrected chi connectivity index (χ0v) is 13.9. The van der Waals surface area contributed by atoms with Crippen molar-refractivity contribution in [2.45, 2.75) is 6.92 Å². The molecule has 0 unspecified atom stereocenters. The number of anilines is 2. The van der Waals surface area contributed by atoms with Gasteiger partial charge in [-0.2, -0.15) is 0 Å². The average molecular weight is 393 g/mol. The fraction of sp³-hybridized carbons (Fsp3) is 0.0667. The summed E-state index contributed by atoms with van der Waals surface area (Å²) in [6, 6.07) is 12.0. The highest BCUT2D eigenvalue weighted by atomic mass is 79.9. The molecular formula is C15H11Br2N3. The molecule has 1 aromatic carbocycles. The highest BCUT2D eigenvalue weighted by molar-refractivity contribution is 9.10. The number of aryl methyl sites for hydroxylation is 1. The first kappa shape index (κ1) is 13.5. The molecule has 0 aliphatic heterocycles. The van der Waals surface area contributed by atoms with Crippen LogP contribution in [0, 0.1) is 6.92 Å². The molecule has 0 bridgehead atoms. The Labute approximate surface area is 133 Å². The fourth-order valence-corrected chi connectivity index (χ4v) is 2.56. The average Bonchev–Trinajstić information content (AvgIpc) is 2.43. The van der Waals surface area contributed by atoms with E-state index < -0.39 is 0 Å². The van der Waals surface area contributed by atoms with Crippen LogP contribution in [0.3, 0.4) is 0 Å². The zero-order chi connectivity index (χ0) is 14.1. The largest absolute Gasteiger partial charge is 0.338 e. The molecule has 0 radical (unpaired) electrons. The van der Waals surface area contributed by atoms with Crippen molar-refractivity contribution in [3.8, 4) is 0 Å². The molecule has 2 heterocycles. The predicted molar refractivity (Wildman–Crippen MR) is 89.4 cm³/mol. The minimum atomic E-state index is 0.808. The maximum absolute atomic E-state index is 4.50. The van der Waals surface area contributed by atoms with Crippen LogP contribution < -0.4 is 5.32 Å². The van der Waals surface area contributed by atoms with E-state index in [4.69, 9.17) is 0 Å². The van der Waals surface area contributed by atoms with E-state index in [1.54, 1.807) is 6.20 Å². The first-order chi connectivity index (χ1) is 9.63. The third kappa shape index (κ3) is 2.69. The lowest BCUT2D eigenvalue weighted by atomic mass is 10.2. The van der Waals surface area contributed by atoms with E-state index in [1.807, 2.05) is 43.3 Å². The number of nitrogens with zero attached hydrogens (tertiary/aromatic N) is 2. The summed E-state index contributed by atoms with van der Waals surface area (Å²) in [5, 5.41) is 4.41. The van der Waals surface area contributed by atoms with Crippen LogP contribution in [0.25, 0.3) is 10.9 Å². The molecule has 0 aliphatic rings. The monoisotopic (exact) mass is 391 g/mol. The van der Waals surface area contributed by atoms with Gasteiger partial charge in [-0.15, -0.1) is 0 Å². The van der Waals surface area contributed by atoms with Crippen molar-refractivity contribution < 1.29 is 0 Å². The number of hydrogen-bond acceptors (Lipinski definition) is 3. The van der Waals surface area contributed by atoms with Gasteiger partial charge < -0.3 is 5.32 Å². The van der Waals surface area contributed by atoms with Crippen LogP contribution in [0.4, 0.5) is 11.5 Å². The molecule has 5 heteroatoms. The standard InChI is InChI=1S/C15H11Br2N3/c1-9-12(17)5-6-14(19-9)20-13-4-2-3-10-7-11(16)8-18-15(10)13/h2-8H,1H3,(H,19,20). The minimum absolute atomic E-state index is 0.808. The van der Waals surface area contributed by atoms with Gasteiger partial charge in [0, 0.05) is 20.5 Å². The molecular weight excluding hydrogens is 382 g/mol. The summed E-state index contributed by atoms with van der Waals surface area (Å²) in [6.07, 6.45) is 1.80. The van der Waals surface area contributed by atoms with Crippen molar-refractivity contribution in [1.29, 1.82) is 0 Å². The Kier molecular flexibility index (Phi) is 3.72. The molecule has 3 aromatic rings. The summed E-state index contributed by atoms with van der Waals surface area (Å²) in [5.41, 5.74) is 2.83. The second kappa shape index (κ2) is 5.50. The molecule has 100 valence electrons. The fourth-order valence-electron chi connectivity index (χ4n) is 1.99. The normalized spacial score (nSPS) is 10.8. The number of nitrogens with one attached hydrogen (secondary N) is 1.